The van der Waals surface area contributed by atoms with Gasteiger partial charge < -0.3 is 29.7 Å². The van der Waals surface area contributed by atoms with E-state index in [1.54, 1.807) is 6.07 Å². The van der Waals surface area contributed by atoms with Crippen LogP contribution in [0.4, 0.5) is 0 Å². The van der Waals surface area contributed by atoms with Crippen molar-refractivity contribution >= 4 is 51.2 Å². The molecule has 2 unspecified atom stereocenters. The molecule has 7 nitrogen and oxygen atoms in total. The van der Waals surface area contributed by atoms with Crippen LogP contribution in [0.25, 0.3) is 10.2 Å². The molecule has 0 aliphatic heterocycles. The van der Waals surface area contributed by atoms with Crippen LogP contribution in [0.1, 0.15) is 20.8 Å². The lowest BCUT2D eigenvalue weighted by molar-refractivity contribution is -0.351. The second kappa shape index (κ2) is 7.24. The van der Waals surface area contributed by atoms with Gasteiger partial charge in [-0.1, -0.05) is 44.7 Å². The van der Waals surface area contributed by atoms with E-state index in [-0.39, 0.29) is 5.75 Å². The minimum absolute atomic E-state index is 0.233. The number of carboxylic acids is 3. The van der Waals surface area contributed by atoms with Gasteiger partial charge in [-0.2, -0.15) is 0 Å². The number of fused-ring (bicyclic) bond motifs is 1. The summed E-state index contributed by atoms with van der Waals surface area (Å²) in [6, 6.07) is 7.32. The molecule has 0 aliphatic carbocycles. The van der Waals surface area contributed by atoms with Crippen molar-refractivity contribution in [2.45, 2.75) is 25.1 Å². The first kappa shape index (κ1) is 20.2. The van der Waals surface area contributed by atoms with E-state index < -0.39 is 34.7 Å². The number of hydrogen-bond donors (Lipinski definition) is 0. The zero-order chi connectivity index (χ0) is 19.7. The van der Waals surface area contributed by atoms with Gasteiger partial charge in [0.25, 0.3) is 0 Å². The molecule has 0 fully saturated rings. The number of benzene rings is 1. The number of thiazole rings is 1. The van der Waals surface area contributed by atoms with Crippen LogP contribution >= 0.6 is 23.1 Å². The molecule has 0 amide bonds. The molecule has 1 heterocycles. The van der Waals surface area contributed by atoms with Gasteiger partial charge in [-0.3, -0.25) is 0 Å². The Labute approximate surface area is 158 Å². The zero-order valence-electron chi connectivity index (χ0n) is 14.3. The van der Waals surface area contributed by atoms with Gasteiger partial charge in [-0.15, -0.1) is 11.3 Å². The fourth-order valence-electron chi connectivity index (χ4n) is 2.58. The maximum Gasteiger partial charge on any atom is 0.151 e. The van der Waals surface area contributed by atoms with Crippen LogP contribution in [0, 0.1) is 16.7 Å². The molecule has 9 heteroatoms. The van der Waals surface area contributed by atoms with E-state index in [1.165, 1.54) is 11.3 Å². The van der Waals surface area contributed by atoms with E-state index in [1.807, 2.05) is 18.2 Å². The topological polar surface area (TPSA) is 133 Å². The Hall–Kier alpha value is -2.13. The molecule has 1 aromatic carbocycles. The number of carboxylic acid groups (broad SMARTS) is 3. The van der Waals surface area contributed by atoms with Crippen LogP contribution < -0.4 is 15.3 Å². The maximum absolute atomic E-state index is 11.8. The molecule has 2 atom stereocenters. The highest BCUT2D eigenvalue weighted by Crippen LogP contribution is 2.46. The molecule has 0 radical (unpaired) electrons. The van der Waals surface area contributed by atoms with Crippen LogP contribution in [-0.4, -0.2) is 28.6 Å². The lowest BCUT2D eigenvalue weighted by atomic mass is 9.60. The molecule has 0 aliphatic rings. The predicted octanol–water partition coefficient (Wildman–Crippen LogP) is -0.713. The lowest BCUT2D eigenvalue weighted by Crippen LogP contribution is -2.63. The number of nitrogens with zero attached hydrogens (tertiary/aromatic N) is 1. The molecular formula is C17H16NO6S2-3. The minimum atomic E-state index is -2.24. The Kier molecular flexibility index (Phi) is 5.62. The number of rotatable bonds is 8. The number of aliphatic carboxylic acids is 3. The average Bonchev–Trinajstić information content (AvgIpc) is 2.96. The second-order valence-corrected chi connectivity index (χ2v) is 8.83. The van der Waals surface area contributed by atoms with Gasteiger partial charge in [-0.05, 0) is 12.1 Å². The van der Waals surface area contributed by atoms with Gasteiger partial charge in [0.1, 0.15) is 0 Å². The van der Waals surface area contributed by atoms with Gasteiger partial charge in [0.05, 0.1) is 10.2 Å². The van der Waals surface area contributed by atoms with E-state index in [4.69, 9.17) is 0 Å². The van der Waals surface area contributed by atoms with E-state index in [9.17, 15) is 29.7 Å². The Bertz CT molecular complexity index is 829. The molecule has 2 aromatic rings. The normalized spacial score (nSPS) is 15.3. The van der Waals surface area contributed by atoms with Crippen molar-refractivity contribution < 1.29 is 29.7 Å². The summed E-state index contributed by atoms with van der Waals surface area (Å²) in [6.07, 6.45) is 0. The number of aromatic nitrogens is 1. The Morgan fingerprint density at radius 2 is 1.73 bits per heavy atom. The fourth-order valence-corrected chi connectivity index (χ4v) is 4.93. The highest BCUT2D eigenvalue weighted by atomic mass is 32.2. The quantitative estimate of drug-likeness (QED) is 0.536. The molecular weight excluding hydrogens is 378 g/mol. The summed E-state index contributed by atoms with van der Waals surface area (Å²) in [5, 5.41) is 34.9. The van der Waals surface area contributed by atoms with Gasteiger partial charge in [0, 0.05) is 40.4 Å². The van der Waals surface area contributed by atoms with Gasteiger partial charge in [-0.25, -0.2) is 4.98 Å². The SMILES string of the molecule is CC(C)(C(=O)[O-])C(C)(C(=O)[O-])C(CSc1nc2ccccc2s1)C(=O)[O-]. The van der Waals surface area contributed by atoms with Gasteiger partial charge >= 0.3 is 0 Å². The van der Waals surface area contributed by atoms with E-state index in [0.29, 0.717) is 4.34 Å². The number of thioether (sulfide) groups is 1. The van der Waals surface area contributed by atoms with Crippen molar-refractivity contribution in [3.8, 4) is 0 Å². The highest BCUT2D eigenvalue weighted by Gasteiger charge is 2.49. The van der Waals surface area contributed by atoms with Crippen molar-refractivity contribution in [3.05, 3.63) is 24.3 Å². The number of para-hydroxylation sites is 1. The summed E-state index contributed by atoms with van der Waals surface area (Å²) in [7, 11) is 0. The average molecular weight is 394 g/mol. The largest absolute Gasteiger partial charge is 0.550 e. The first-order valence-corrected chi connectivity index (χ1v) is 9.44. The zero-order valence-corrected chi connectivity index (χ0v) is 15.9. The summed E-state index contributed by atoms with van der Waals surface area (Å²) in [6.45, 7) is 3.25. The number of carbonyl (C=O) groups excluding carboxylic acids is 3. The van der Waals surface area contributed by atoms with E-state index >= 15 is 0 Å². The molecule has 0 bridgehead atoms. The van der Waals surface area contributed by atoms with Crippen molar-refractivity contribution in [1.82, 2.24) is 4.98 Å². The van der Waals surface area contributed by atoms with E-state index in [2.05, 4.69) is 4.98 Å². The molecule has 2 rings (SSSR count). The lowest BCUT2D eigenvalue weighted by Gasteiger charge is -2.50. The smallest absolute Gasteiger partial charge is 0.151 e. The van der Waals surface area contributed by atoms with Crippen molar-refractivity contribution in [2.24, 2.45) is 16.7 Å². The van der Waals surface area contributed by atoms with E-state index in [0.717, 1.165) is 42.7 Å². The molecule has 0 N–H and O–H groups in total. The minimum Gasteiger partial charge on any atom is -0.550 e. The fraction of sp³-hybridized carbons (Fsp3) is 0.412. The van der Waals surface area contributed by atoms with Crippen LogP contribution in [-0.2, 0) is 14.4 Å². The van der Waals surface area contributed by atoms with Crippen LogP contribution in [0.2, 0.25) is 0 Å². The standard InChI is InChI=1S/C17H19NO6S2/c1-16(2,13(21)22)17(3,14(23)24)9(12(19)20)8-25-15-18-10-6-4-5-7-11(10)26-15/h4-7,9H,8H2,1-3H3,(H,19,20)(H,21,22)(H,23,24)/p-3. The van der Waals surface area contributed by atoms with Gasteiger partial charge in [0.15, 0.2) is 4.34 Å². The summed E-state index contributed by atoms with van der Waals surface area (Å²) >= 11 is 2.37. The monoisotopic (exact) mass is 394 g/mol. The Morgan fingerprint density at radius 1 is 1.12 bits per heavy atom. The first-order valence-electron chi connectivity index (χ1n) is 7.64. The molecule has 1 aromatic heterocycles. The first-order chi connectivity index (χ1) is 12.0. The van der Waals surface area contributed by atoms with Crippen LogP contribution in [0.15, 0.2) is 28.6 Å². The molecule has 0 saturated heterocycles. The molecule has 0 spiro atoms. The van der Waals surface area contributed by atoms with Gasteiger partial charge in [0.2, 0.25) is 0 Å². The molecule has 26 heavy (non-hydrogen) atoms. The molecule has 140 valence electrons. The Balaban J connectivity index is 2.35. The molecule has 0 saturated carbocycles. The summed E-state index contributed by atoms with van der Waals surface area (Å²) in [5.74, 6) is -6.99. The van der Waals surface area contributed by atoms with Crippen molar-refractivity contribution in [1.29, 1.82) is 0 Å². The Morgan fingerprint density at radius 3 is 2.23 bits per heavy atom. The van der Waals surface area contributed by atoms with Crippen LogP contribution in [0.3, 0.4) is 0 Å². The summed E-state index contributed by atoms with van der Waals surface area (Å²) < 4.78 is 1.45. The highest BCUT2D eigenvalue weighted by molar-refractivity contribution is 8.01. The third kappa shape index (κ3) is 3.41. The van der Waals surface area contributed by atoms with Crippen LogP contribution in [0.5, 0.6) is 0 Å². The maximum atomic E-state index is 11.8. The van der Waals surface area contributed by atoms with Crippen molar-refractivity contribution in [2.75, 3.05) is 5.75 Å². The number of carbonyl (C=O) groups is 3. The summed E-state index contributed by atoms with van der Waals surface area (Å²) in [4.78, 5) is 39.2. The predicted molar refractivity (Wildman–Crippen MR) is 90.7 cm³/mol. The summed E-state index contributed by atoms with van der Waals surface area (Å²) in [5.41, 5.74) is -3.50. The number of hydrogen-bond acceptors (Lipinski definition) is 9. The van der Waals surface area contributed by atoms with Crippen molar-refractivity contribution in [3.63, 3.8) is 0 Å². The third-order valence-electron chi connectivity index (χ3n) is 4.86. The third-order valence-corrected chi connectivity index (χ3v) is 7.13. The second-order valence-electron chi connectivity index (χ2n) is 6.53.